The van der Waals surface area contributed by atoms with Crippen LogP contribution < -0.4 is 24.6 Å². The molecule has 1 atom stereocenters. The molecule has 3 heterocycles. The summed E-state index contributed by atoms with van der Waals surface area (Å²) in [5, 5.41) is 15.0. The summed E-state index contributed by atoms with van der Waals surface area (Å²) in [6.07, 6.45) is -0.505. The van der Waals surface area contributed by atoms with Crippen LogP contribution in [0.1, 0.15) is 53.4 Å². The number of ether oxygens (including phenoxy) is 2. The van der Waals surface area contributed by atoms with Crippen LogP contribution in [-0.4, -0.2) is 11.7 Å². The van der Waals surface area contributed by atoms with Crippen LogP contribution in [0.4, 0.5) is 34.1 Å². The van der Waals surface area contributed by atoms with Crippen LogP contribution in [0.25, 0.3) is 11.1 Å². The Morgan fingerprint density at radius 2 is 1.05 bits per heavy atom. The molecule has 0 amide bonds. The van der Waals surface area contributed by atoms with Gasteiger partial charge in [0.2, 0.25) is 0 Å². The minimum absolute atomic E-state index is 0.133. The first-order valence-corrected chi connectivity index (χ1v) is 21.1. The zero-order valence-corrected chi connectivity index (χ0v) is 34.5. The van der Waals surface area contributed by atoms with Crippen molar-refractivity contribution in [3.8, 4) is 40.2 Å². The Bertz CT molecular complexity index is 3200. The number of anilines is 6. The number of nitriles is 1. The van der Waals surface area contributed by atoms with Crippen LogP contribution in [0.15, 0.2) is 192 Å². The van der Waals surface area contributed by atoms with Gasteiger partial charge in [0.1, 0.15) is 18.1 Å². The fourth-order valence-electron chi connectivity index (χ4n) is 9.54. The fraction of sp³-hybridized carbons (Fsp3) is 0.0727. The molecule has 0 saturated carbocycles. The van der Waals surface area contributed by atoms with Gasteiger partial charge in [0, 0.05) is 16.5 Å². The first-order chi connectivity index (χ1) is 30.9. The zero-order chi connectivity index (χ0) is 42.2. The molecule has 8 heteroatoms. The SMILES string of the molecule is CC1(C)c2ccccc2-c2cc(C3N=C(c4ccccc4)N=C(c4cc(C#N)c(N5c6ccccc6Oc6ccccc65)cc4N4c5ccccc5Oc5ccccc54)N3)ccc21. The van der Waals surface area contributed by atoms with Crippen molar-refractivity contribution in [1.29, 1.82) is 5.26 Å². The van der Waals surface area contributed by atoms with E-state index >= 15 is 0 Å². The van der Waals surface area contributed by atoms with Crippen LogP contribution in [0, 0.1) is 11.3 Å². The molecule has 0 saturated heterocycles. The molecule has 3 aliphatic heterocycles. The number of nitrogens with zero attached hydrogens (tertiary/aromatic N) is 5. The maximum absolute atomic E-state index is 11.2. The van der Waals surface area contributed by atoms with Crippen LogP contribution in [-0.2, 0) is 5.41 Å². The molecular formula is C55H38N6O2. The molecule has 0 spiro atoms. The highest BCUT2D eigenvalue weighted by Gasteiger charge is 2.37. The highest BCUT2D eigenvalue weighted by molar-refractivity contribution is 6.16. The Kier molecular flexibility index (Phi) is 8.15. The predicted octanol–water partition coefficient (Wildman–Crippen LogP) is 13.5. The molecule has 1 aliphatic carbocycles. The van der Waals surface area contributed by atoms with Crippen molar-refractivity contribution < 1.29 is 9.47 Å². The number of fused-ring (bicyclic) bond motifs is 7. The van der Waals surface area contributed by atoms with Crippen molar-refractivity contribution in [2.45, 2.75) is 25.4 Å². The standard InChI is InChI=1S/C55H38N6O2/c1-55(2)40-19-7-6-18-37(40)38-30-35(28-29-41(38)55)53-57-52(34-16-4-3-5-17-34)58-54(59-53)39-31-36(33-56)46(60-42-20-8-12-24-48(42)62-49-25-13-9-21-43(49)60)32-47(39)61-44-22-10-14-26-50(44)63-51-27-15-11-23-45(51)61/h3-32,53H,1-2H3,(H,57,58,59). The van der Waals surface area contributed by atoms with E-state index in [0.717, 1.165) is 45.1 Å². The third-order valence-corrected chi connectivity index (χ3v) is 12.5. The molecule has 8 aromatic carbocycles. The molecule has 300 valence electrons. The average molecular weight is 815 g/mol. The van der Waals surface area contributed by atoms with Gasteiger partial charge >= 0.3 is 0 Å². The summed E-state index contributed by atoms with van der Waals surface area (Å²) in [5.41, 5.74) is 12.8. The normalized spacial score (nSPS) is 15.9. The lowest BCUT2D eigenvalue weighted by molar-refractivity contribution is 0.477. The number of nitrogens with one attached hydrogen (secondary N) is 1. The molecule has 12 rings (SSSR count). The number of amidine groups is 2. The molecule has 0 fully saturated rings. The van der Waals surface area contributed by atoms with E-state index in [-0.39, 0.29) is 5.41 Å². The monoisotopic (exact) mass is 814 g/mol. The average Bonchev–Trinajstić information content (AvgIpc) is 3.57. The second-order valence-electron chi connectivity index (χ2n) is 16.5. The van der Waals surface area contributed by atoms with Gasteiger partial charge in [0.05, 0.1) is 39.7 Å². The van der Waals surface area contributed by atoms with E-state index < -0.39 is 6.17 Å². The molecule has 63 heavy (non-hydrogen) atoms. The van der Waals surface area contributed by atoms with Crippen LogP contribution in [0.3, 0.4) is 0 Å². The third kappa shape index (κ3) is 5.74. The van der Waals surface area contributed by atoms with Gasteiger partial charge in [-0.25, -0.2) is 9.98 Å². The topological polar surface area (TPSA) is 85.5 Å². The van der Waals surface area contributed by atoms with Gasteiger partial charge in [-0.1, -0.05) is 129 Å². The zero-order valence-electron chi connectivity index (χ0n) is 34.5. The van der Waals surface area contributed by atoms with Gasteiger partial charge in [-0.2, -0.15) is 5.26 Å². The molecule has 1 unspecified atom stereocenters. The maximum Gasteiger partial charge on any atom is 0.159 e. The van der Waals surface area contributed by atoms with Gasteiger partial charge in [0.25, 0.3) is 0 Å². The Morgan fingerprint density at radius 3 is 1.65 bits per heavy atom. The number of para-hydroxylation sites is 8. The summed E-state index contributed by atoms with van der Waals surface area (Å²) in [6.45, 7) is 4.58. The van der Waals surface area contributed by atoms with Crippen molar-refractivity contribution in [1.82, 2.24) is 5.32 Å². The second-order valence-corrected chi connectivity index (χ2v) is 16.5. The number of rotatable bonds is 5. The maximum atomic E-state index is 11.2. The quantitative estimate of drug-likeness (QED) is 0.186. The largest absolute Gasteiger partial charge is 0.453 e. The van der Waals surface area contributed by atoms with E-state index in [0.29, 0.717) is 45.9 Å². The van der Waals surface area contributed by atoms with E-state index in [4.69, 9.17) is 19.5 Å². The summed E-state index contributed by atoms with van der Waals surface area (Å²) in [7, 11) is 0. The molecule has 0 bridgehead atoms. The Balaban J connectivity index is 1.10. The van der Waals surface area contributed by atoms with E-state index in [1.54, 1.807) is 0 Å². The van der Waals surface area contributed by atoms with Crippen molar-refractivity contribution in [2.75, 3.05) is 9.80 Å². The first-order valence-electron chi connectivity index (χ1n) is 21.1. The number of hydrogen-bond acceptors (Lipinski definition) is 8. The highest BCUT2D eigenvalue weighted by Crippen LogP contribution is 2.55. The summed E-state index contributed by atoms with van der Waals surface area (Å²) in [5.74, 6) is 3.97. The van der Waals surface area contributed by atoms with E-state index in [1.165, 1.54) is 22.3 Å². The molecule has 1 N–H and O–H groups in total. The van der Waals surface area contributed by atoms with Crippen molar-refractivity contribution in [3.63, 3.8) is 0 Å². The number of benzene rings is 8. The lowest BCUT2D eigenvalue weighted by Gasteiger charge is -2.37. The lowest BCUT2D eigenvalue weighted by Crippen LogP contribution is -2.35. The third-order valence-electron chi connectivity index (χ3n) is 12.5. The lowest BCUT2D eigenvalue weighted by atomic mass is 9.82. The smallest absolute Gasteiger partial charge is 0.159 e. The predicted molar refractivity (Wildman–Crippen MR) is 250 cm³/mol. The molecule has 8 aromatic rings. The van der Waals surface area contributed by atoms with Crippen molar-refractivity contribution in [2.24, 2.45) is 9.98 Å². The number of aliphatic imine (C=N–C) groups is 2. The van der Waals surface area contributed by atoms with Crippen molar-refractivity contribution >= 4 is 45.8 Å². The van der Waals surface area contributed by atoms with Crippen molar-refractivity contribution in [3.05, 3.63) is 215 Å². The summed E-state index contributed by atoms with van der Waals surface area (Å²) in [4.78, 5) is 15.0. The first kappa shape index (κ1) is 36.4. The van der Waals surface area contributed by atoms with E-state index in [1.807, 2.05) is 121 Å². The second kappa shape index (κ2) is 14.1. The summed E-state index contributed by atoms with van der Waals surface area (Å²) >= 11 is 0. The van der Waals surface area contributed by atoms with Gasteiger partial charge in [-0.15, -0.1) is 0 Å². The minimum atomic E-state index is -0.505. The minimum Gasteiger partial charge on any atom is -0.453 e. The fourth-order valence-corrected chi connectivity index (χ4v) is 9.54. The molecule has 0 aromatic heterocycles. The summed E-state index contributed by atoms with van der Waals surface area (Å²) in [6, 6.07) is 64.1. The van der Waals surface area contributed by atoms with Crippen LogP contribution >= 0.6 is 0 Å². The Labute approximate surface area is 365 Å². The van der Waals surface area contributed by atoms with E-state index in [2.05, 4.69) is 95.7 Å². The van der Waals surface area contributed by atoms with Crippen LogP contribution in [0.2, 0.25) is 0 Å². The van der Waals surface area contributed by atoms with Gasteiger partial charge in [0.15, 0.2) is 28.8 Å². The van der Waals surface area contributed by atoms with Gasteiger partial charge in [-0.3, -0.25) is 0 Å². The van der Waals surface area contributed by atoms with E-state index in [9.17, 15) is 5.26 Å². The Hall–Kier alpha value is -8.41. The molecule has 8 nitrogen and oxygen atoms in total. The highest BCUT2D eigenvalue weighted by atomic mass is 16.5. The Morgan fingerprint density at radius 1 is 0.524 bits per heavy atom. The van der Waals surface area contributed by atoms with Gasteiger partial charge in [-0.05, 0) is 94.5 Å². The molecular weight excluding hydrogens is 777 g/mol. The molecule has 0 radical (unpaired) electrons. The van der Waals surface area contributed by atoms with Gasteiger partial charge < -0.3 is 24.6 Å². The number of hydrogen-bond donors (Lipinski definition) is 1. The van der Waals surface area contributed by atoms with Crippen LogP contribution in [0.5, 0.6) is 23.0 Å². The summed E-state index contributed by atoms with van der Waals surface area (Å²) < 4.78 is 13.0. The molecule has 4 aliphatic rings.